The fraction of sp³-hybridized carbons (Fsp3) is 0.214. The quantitative estimate of drug-likeness (QED) is 0.809. The molecule has 4 nitrogen and oxygen atoms in total. The van der Waals surface area contributed by atoms with Crippen molar-refractivity contribution in [1.29, 1.82) is 0 Å². The van der Waals surface area contributed by atoms with Crippen molar-refractivity contribution in [2.24, 2.45) is 0 Å². The van der Waals surface area contributed by atoms with E-state index in [0.717, 1.165) is 5.56 Å². The standard InChI is InChI=1S/C14H14ClN3O/c1-10(12-4-3-6-16-9-12)18(2)14(19)11-5-7-17-13(15)8-11/h3-10H,1-2H3. The molecule has 0 bridgehead atoms. The van der Waals surface area contributed by atoms with Crippen LogP contribution >= 0.6 is 11.6 Å². The van der Waals surface area contributed by atoms with Crippen molar-refractivity contribution in [1.82, 2.24) is 14.9 Å². The highest BCUT2D eigenvalue weighted by Gasteiger charge is 2.19. The summed E-state index contributed by atoms with van der Waals surface area (Å²) in [5, 5.41) is 0.313. The maximum atomic E-state index is 12.3. The molecule has 2 heterocycles. The first-order chi connectivity index (χ1) is 9.09. The molecule has 0 aliphatic carbocycles. The van der Waals surface area contributed by atoms with Crippen LogP contribution in [-0.2, 0) is 0 Å². The Labute approximate surface area is 117 Å². The molecular formula is C14H14ClN3O. The average molecular weight is 276 g/mol. The normalized spacial score (nSPS) is 11.9. The van der Waals surface area contributed by atoms with E-state index in [1.807, 2.05) is 19.1 Å². The van der Waals surface area contributed by atoms with Gasteiger partial charge in [0.05, 0.1) is 6.04 Å². The zero-order valence-electron chi connectivity index (χ0n) is 10.7. The number of hydrogen-bond donors (Lipinski definition) is 0. The van der Waals surface area contributed by atoms with Crippen LogP contribution in [0.5, 0.6) is 0 Å². The monoisotopic (exact) mass is 275 g/mol. The Balaban J connectivity index is 2.20. The van der Waals surface area contributed by atoms with Crippen molar-refractivity contribution in [3.05, 3.63) is 59.1 Å². The van der Waals surface area contributed by atoms with Crippen LogP contribution in [0.2, 0.25) is 5.15 Å². The molecule has 1 unspecified atom stereocenters. The van der Waals surface area contributed by atoms with Gasteiger partial charge in [0.1, 0.15) is 5.15 Å². The molecule has 0 spiro atoms. The van der Waals surface area contributed by atoms with E-state index in [-0.39, 0.29) is 11.9 Å². The minimum Gasteiger partial charge on any atom is -0.335 e. The molecule has 0 aliphatic rings. The molecule has 0 N–H and O–H groups in total. The maximum Gasteiger partial charge on any atom is 0.254 e. The second-order valence-electron chi connectivity index (χ2n) is 4.25. The van der Waals surface area contributed by atoms with Crippen LogP contribution in [0.3, 0.4) is 0 Å². The van der Waals surface area contributed by atoms with Crippen LogP contribution in [0.1, 0.15) is 28.9 Å². The number of hydrogen-bond acceptors (Lipinski definition) is 3. The molecule has 1 atom stereocenters. The van der Waals surface area contributed by atoms with E-state index in [9.17, 15) is 4.79 Å². The van der Waals surface area contributed by atoms with Gasteiger partial charge in [0.15, 0.2) is 0 Å². The summed E-state index contributed by atoms with van der Waals surface area (Å²) in [6, 6.07) is 6.96. The Bertz CT molecular complexity index is 574. The van der Waals surface area contributed by atoms with Crippen LogP contribution in [0.4, 0.5) is 0 Å². The average Bonchev–Trinajstić information content (AvgIpc) is 2.46. The highest BCUT2D eigenvalue weighted by Crippen LogP contribution is 2.20. The van der Waals surface area contributed by atoms with E-state index in [2.05, 4.69) is 9.97 Å². The minimum absolute atomic E-state index is 0.0619. The van der Waals surface area contributed by atoms with Crippen LogP contribution in [-0.4, -0.2) is 27.8 Å². The smallest absolute Gasteiger partial charge is 0.254 e. The van der Waals surface area contributed by atoms with E-state index < -0.39 is 0 Å². The molecule has 19 heavy (non-hydrogen) atoms. The third-order valence-electron chi connectivity index (χ3n) is 3.04. The van der Waals surface area contributed by atoms with Gasteiger partial charge in [-0.2, -0.15) is 0 Å². The van der Waals surface area contributed by atoms with Gasteiger partial charge in [-0.3, -0.25) is 9.78 Å². The number of carbonyl (C=O) groups excluding carboxylic acids is 1. The summed E-state index contributed by atoms with van der Waals surface area (Å²) >= 11 is 5.80. The number of halogens is 1. The second kappa shape index (κ2) is 5.80. The lowest BCUT2D eigenvalue weighted by atomic mass is 10.1. The molecule has 98 valence electrons. The molecule has 2 aromatic heterocycles. The molecule has 0 aliphatic heterocycles. The molecule has 1 amide bonds. The summed E-state index contributed by atoms with van der Waals surface area (Å²) in [6.07, 6.45) is 4.99. The number of pyridine rings is 2. The highest BCUT2D eigenvalue weighted by molar-refractivity contribution is 6.29. The first kappa shape index (κ1) is 13.5. The third-order valence-corrected chi connectivity index (χ3v) is 3.25. The van der Waals surface area contributed by atoms with Crippen molar-refractivity contribution >= 4 is 17.5 Å². The lowest BCUT2D eigenvalue weighted by Crippen LogP contribution is -2.29. The van der Waals surface area contributed by atoms with Gasteiger partial charge >= 0.3 is 0 Å². The van der Waals surface area contributed by atoms with Crippen molar-refractivity contribution in [2.75, 3.05) is 7.05 Å². The van der Waals surface area contributed by atoms with Crippen LogP contribution in [0.25, 0.3) is 0 Å². The van der Waals surface area contributed by atoms with E-state index in [0.29, 0.717) is 10.7 Å². The zero-order valence-corrected chi connectivity index (χ0v) is 11.5. The van der Waals surface area contributed by atoms with Crippen molar-refractivity contribution in [2.45, 2.75) is 13.0 Å². The fourth-order valence-corrected chi connectivity index (χ4v) is 1.94. The minimum atomic E-state index is -0.0966. The number of carbonyl (C=O) groups is 1. The lowest BCUT2D eigenvalue weighted by Gasteiger charge is -2.25. The molecule has 0 saturated carbocycles. The fourth-order valence-electron chi connectivity index (χ4n) is 1.76. The maximum absolute atomic E-state index is 12.3. The molecule has 2 aromatic rings. The zero-order chi connectivity index (χ0) is 13.8. The van der Waals surface area contributed by atoms with Gasteiger partial charge in [0.2, 0.25) is 0 Å². The van der Waals surface area contributed by atoms with E-state index in [4.69, 9.17) is 11.6 Å². The lowest BCUT2D eigenvalue weighted by molar-refractivity contribution is 0.0742. The van der Waals surface area contributed by atoms with Crippen molar-refractivity contribution in [3.8, 4) is 0 Å². The van der Waals surface area contributed by atoms with Crippen molar-refractivity contribution < 1.29 is 4.79 Å². The SMILES string of the molecule is CC(c1cccnc1)N(C)C(=O)c1ccnc(Cl)c1. The number of rotatable bonds is 3. The largest absolute Gasteiger partial charge is 0.335 e. The van der Waals surface area contributed by atoms with E-state index in [1.54, 1.807) is 36.5 Å². The summed E-state index contributed by atoms with van der Waals surface area (Å²) in [4.78, 5) is 21.9. The van der Waals surface area contributed by atoms with Gasteiger partial charge in [-0.15, -0.1) is 0 Å². The Morgan fingerprint density at radius 1 is 1.37 bits per heavy atom. The first-order valence-electron chi connectivity index (χ1n) is 5.88. The van der Waals surface area contributed by atoms with Crippen molar-refractivity contribution in [3.63, 3.8) is 0 Å². The second-order valence-corrected chi connectivity index (χ2v) is 4.63. The number of amides is 1. The van der Waals surface area contributed by atoms with Crippen LogP contribution in [0.15, 0.2) is 42.9 Å². The van der Waals surface area contributed by atoms with Gasteiger partial charge in [0.25, 0.3) is 5.91 Å². The van der Waals surface area contributed by atoms with E-state index in [1.165, 1.54) is 6.20 Å². The summed E-state index contributed by atoms with van der Waals surface area (Å²) in [6.45, 7) is 1.96. The Morgan fingerprint density at radius 2 is 2.16 bits per heavy atom. The molecule has 5 heteroatoms. The topological polar surface area (TPSA) is 46.1 Å². The third kappa shape index (κ3) is 3.09. The highest BCUT2D eigenvalue weighted by atomic mass is 35.5. The Kier molecular flexibility index (Phi) is 4.12. The summed E-state index contributed by atoms with van der Waals surface area (Å²) in [5.74, 6) is -0.0966. The number of aromatic nitrogens is 2. The Hall–Kier alpha value is -1.94. The number of nitrogens with zero attached hydrogens (tertiary/aromatic N) is 3. The summed E-state index contributed by atoms with van der Waals surface area (Å²) in [7, 11) is 1.76. The van der Waals surface area contributed by atoms with E-state index >= 15 is 0 Å². The summed E-state index contributed by atoms with van der Waals surface area (Å²) in [5.41, 5.74) is 1.51. The van der Waals surface area contributed by atoms with Gasteiger partial charge in [-0.05, 0) is 30.7 Å². The molecule has 0 aromatic carbocycles. The molecule has 0 radical (unpaired) electrons. The molecular weight excluding hydrogens is 262 g/mol. The van der Waals surface area contributed by atoms with Gasteiger partial charge in [0, 0.05) is 31.2 Å². The molecule has 2 rings (SSSR count). The predicted molar refractivity (Wildman–Crippen MR) is 74.0 cm³/mol. The van der Waals surface area contributed by atoms with Gasteiger partial charge in [-0.25, -0.2) is 4.98 Å². The molecule has 0 fully saturated rings. The summed E-state index contributed by atoms with van der Waals surface area (Å²) < 4.78 is 0. The van der Waals surface area contributed by atoms with Gasteiger partial charge in [-0.1, -0.05) is 17.7 Å². The Morgan fingerprint density at radius 3 is 2.79 bits per heavy atom. The predicted octanol–water partition coefficient (Wildman–Crippen LogP) is 2.96. The first-order valence-corrected chi connectivity index (χ1v) is 6.26. The molecule has 0 saturated heterocycles. The van der Waals surface area contributed by atoms with Gasteiger partial charge < -0.3 is 4.90 Å². The van der Waals surface area contributed by atoms with Crippen LogP contribution < -0.4 is 0 Å². The van der Waals surface area contributed by atoms with Crippen LogP contribution in [0, 0.1) is 0 Å².